The molecule has 4 aromatic rings. The average Bonchev–Trinajstić information content (AvgIpc) is 3.39. The van der Waals surface area contributed by atoms with E-state index in [2.05, 4.69) is 35.8 Å². The first-order valence-corrected chi connectivity index (χ1v) is 14.1. The third-order valence-electron chi connectivity index (χ3n) is 6.39. The van der Waals surface area contributed by atoms with Gasteiger partial charge in [-0.05, 0) is 36.1 Å². The maximum absolute atomic E-state index is 13.4. The molecule has 0 bridgehead atoms. The standard InChI is InChI=1S/C26H27N5O3S2/c32-26(27-21-14-16-31(17-15-21)18-19-8-3-1-4-9-19)24(20-10-5-2-6-11-20)30-36(33,34)23-13-7-12-22-25(23)29-35-28-22/h1-13,21,24,30H,14-18H2,(H,27,32)/t24-/m1/s1. The minimum Gasteiger partial charge on any atom is -0.352 e. The van der Waals surface area contributed by atoms with Gasteiger partial charge in [0.05, 0.1) is 11.7 Å². The second-order valence-corrected chi connectivity index (χ2v) is 11.1. The van der Waals surface area contributed by atoms with Crippen molar-refractivity contribution < 1.29 is 13.2 Å². The van der Waals surface area contributed by atoms with Gasteiger partial charge in [0.25, 0.3) is 0 Å². The summed E-state index contributed by atoms with van der Waals surface area (Å²) in [5.41, 5.74) is 2.64. The molecule has 1 fully saturated rings. The maximum atomic E-state index is 13.4. The summed E-state index contributed by atoms with van der Waals surface area (Å²) < 4.78 is 37.7. The highest BCUT2D eigenvalue weighted by molar-refractivity contribution is 7.89. The van der Waals surface area contributed by atoms with Crippen LogP contribution in [0.4, 0.5) is 0 Å². The molecule has 1 aromatic heterocycles. The number of aromatic nitrogens is 2. The molecule has 2 heterocycles. The Morgan fingerprint density at radius 2 is 1.64 bits per heavy atom. The predicted octanol–water partition coefficient (Wildman–Crippen LogP) is 3.49. The van der Waals surface area contributed by atoms with E-state index < -0.39 is 16.1 Å². The minimum absolute atomic E-state index is 0.0108. The number of sulfonamides is 1. The molecule has 1 atom stereocenters. The van der Waals surface area contributed by atoms with Gasteiger partial charge in [-0.2, -0.15) is 13.5 Å². The van der Waals surface area contributed by atoms with Crippen molar-refractivity contribution in [2.75, 3.05) is 13.1 Å². The van der Waals surface area contributed by atoms with Gasteiger partial charge >= 0.3 is 0 Å². The fourth-order valence-corrected chi connectivity index (χ4v) is 6.45. The van der Waals surface area contributed by atoms with Gasteiger partial charge in [-0.15, -0.1) is 0 Å². The van der Waals surface area contributed by atoms with Gasteiger partial charge in [0.2, 0.25) is 15.9 Å². The number of nitrogens with zero attached hydrogens (tertiary/aromatic N) is 3. The third-order valence-corrected chi connectivity index (χ3v) is 8.39. The lowest BCUT2D eigenvalue weighted by Crippen LogP contribution is -2.48. The Hall–Kier alpha value is -3.18. The smallest absolute Gasteiger partial charge is 0.243 e. The van der Waals surface area contributed by atoms with E-state index in [9.17, 15) is 13.2 Å². The minimum atomic E-state index is -4.05. The lowest BCUT2D eigenvalue weighted by Gasteiger charge is -2.33. The quantitative estimate of drug-likeness (QED) is 0.368. The Labute approximate surface area is 214 Å². The molecule has 8 nitrogen and oxygen atoms in total. The van der Waals surface area contributed by atoms with Crippen molar-refractivity contribution in [2.45, 2.75) is 36.4 Å². The average molecular weight is 522 g/mol. The Morgan fingerprint density at radius 3 is 2.36 bits per heavy atom. The zero-order valence-electron chi connectivity index (χ0n) is 19.6. The number of carbonyl (C=O) groups excluding carboxylic acids is 1. The van der Waals surface area contributed by atoms with Gasteiger partial charge in [-0.3, -0.25) is 9.69 Å². The van der Waals surface area contributed by atoms with Crippen LogP contribution >= 0.6 is 11.7 Å². The summed E-state index contributed by atoms with van der Waals surface area (Å²) in [6, 6.07) is 23.0. The van der Waals surface area contributed by atoms with E-state index in [0.717, 1.165) is 44.2 Å². The molecule has 1 saturated heterocycles. The molecule has 0 saturated carbocycles. The molecule has 10 heteroatoms. The number of rotatable bonds is 8. The number of fused-ring (bicyclic) bond motifs is 1. The van der Waals surface area contributed by atoms with Crippen LogP contribution in [-0.4, -0.2) is 47.1 Å². The third kappa shape index (κ3) is 5.62. The van der Waals surface area contributed by atoms with Gasteiger partial charge in [0.1, 0.15) is 22.0 Å². The van der Waals surface area contributed by atoms with Crippen LogP contribution in [0.1, 0.15) is 30.0 Å². The van der Waals surface area contributed by atoms with Crippen LogP contribution in [0.15, 0.2) is 83.8 Å². The zero-order valence-corrected chi connectivity index (χ0v) is 21.2. The molecule has 1 aliphatic heterocycles. The highest BCUT2D eigenvalue weighted by atomic mass is 32.2. The van der Waals surface area contributed by atoms with E-state index in [1.807, 2.05) is 24.3 Å². The van der Waals surface area contributed by atoms with Gasteiger partial charge < -0.3 is 5.32 Å². The first kappa shape index (κ1) is 24.5. The molecule has 186 valence electrons. The van der Waals surface area contributed by atoms with Gasteiger partial charge in [-0.1, -0.05) is 66.7 Å². The van der Waals surface area contributed by atoms with Gasteiger partial charge in [0, 0.05) is 25.7 Å². The predicted molar refractivity (Wildman–Crippen MR) is 140 cm³/mol. The number of carbonyl (C=O) groups is 1. The number of likely N-dealkylation sites (tertiary alicyclic amines) is 1. The Balaban J connectivity index is 1.29. The lowest BCUT2D eigenvalue weighted by atomic mass is 10.0. The van der Waals surface area contributed by atoms with E-state index >= 15 is 0 Å². The molecule has 0 aliphatic carbocycles. The summed E-state index contributed by atoms with van der Waals surface area (Å²) in [7, 11) is -4.05. The molecule has 0 unspecified atom stereocenters. The number of hydrogen-bond acceptors (Lipinski definition) is 7. The summed E-state index contributed by atoms with van der Waals surface area (Å²) in [5.74, 6) is -0.366. The highest BCUT2D eigenvalue weighted by Gasteiger charge is 2.31. The monoisotopic (exact) mass is 521 g/mol. The summed E-state index contributed by atoms with van der Waals surface area (Å²) in [6.07, 6.45) is 1.60. The van der Waals surface area contributed by atoms with E-state index in [0.29, 0.717) is 16.6 Å². The van der Waals surface area contributed by atoms with Crippen molar-refractivity contribution in [2.24, 2.45) is 0 Å². The second kappa shape index (κ2) is 10.8. The molecule has 1 aliphatic rings. The first-order valence-electron chi connectivity index (χ1n) is 11.8. The number of amides is 1. The number of hydrogen-bond donors (Lipinski definition) is 2. The summed E-state index contributed by atoms with van der Waals surface area (Å²) in [6.45, 7) is 2.60. The largest absolute Gasteiger partial charge is 0.352 e. The van der Waals surface area contributed by atoms with Crippen LogP contribution < -0.4 is 10.0 Å². The number of piperidine rings is 1. The van der Waals surface area contributed by atoms with Crippen LogP contribution in [0.3, 0.4) is 0 Å². The van der Waals surface area contributed by atoms with E-state index in [1.165, 1.54) is 11.6 Å². The van der Waals surface area contributed by atoms with Crippen molar-refractivity contribution in [3.05, 3.63) is 90.0 Å². The molecule has 36 heavy (non-hydrogen) atoms. The van der Waals surface area contributed by atoms with Crippen molar-refractivity contribution in [3.8, 4) is 0 Å². The molecular formula is C26H27N5O3S2. The van der Waals surface area contributed by atoms with Crippen LogP contribution in [-0.2, 0) is 21.4 Å². The number of nitrogens with one attached hydrogen (secondary N) is 2. The summed E-state index contributed by atoms with van der Waals surface area (Å²) in [5, 5.41) is 3.09. The van der Waals surface area contributed by atoms with Gasteiger partial charge in [0.15, 0.2) is 0 Å². The molecular weight excluding hydrogens is 494 g/mol. The van der Waals surface area contributed by atoms with Gasteiger partial charge in [-0.25, -0.2) is 8.42 Å². The second-order valence-electron chi connectivity index (χ2n) is 8.90. The van der Waals surface area contributed by atoms with Crippen molar-refractivity contribution in [1.82, 2.24) is 23.7 Å². The lowest BCUT2D eigenvalue weighted by molar-refractivity contribution is -0.123. The first-order chi connectivity index (χ1) is 17.5. The molecule has 5 rings (SSSR count). The van der Waals surface area contributed by atoms with Crippen LogP contribution in [0, 0.1) is 0 Å². The normalized spacial score (nSPS) is 16.1. The highest BCUT2D eigenvalue weighted by Crippen LogP contribution is 2.24. The van der Waals surface area contributed by atoms with Crippen LogP contribution in [0.25, 0.3) is 11.0 Å². The molecule has 3 aromatic carbocycles. The fourth-order valence-electron chi connectivity index (χ4n) is 4.50. The zero-order chi connectivity index (χ0) is 25.0. The van der Waals surface area contributed by atoms with Crippen molar-refractivity contribution in [3.63, 3.8) is 0 Å². The topological polar surface area (TPSA) is 104 Å². The Kier molecular flexibility index (Phi) is 7.38. The van der Waals surface area contributed by atoms with Crippen molar-refractivity contribution in [1.29, 1.82) is 0 Å². The Bertz CT molecular complexity index is 1420. The Morgan fingerprint density at radius 1 is 0.944 bits per heavy atom. The summed E-state index contributed by atoms with van der Waals surface area (Å²) >= 11 is 0.953. The number of benzene rings is 3. The van der Waals surface area contributed by atoms with Crippen LogP contribution in [0.5, 0.6) is 0 Å². The van der Waals surface area contributed by atoms with E-state index in [-0.39, 0.29) is 16.8 Å². The van der Waals surface area contributed by atoms with Crippen LogP contribution in [0.2, 0.25) is 0 Å². The SMILES string of the molecule is O=C(NC1CCN(Cc2ccccc2)CC1)[C@H](NS(=O)(=O)c1cccc2nsnc12)c1ccccc1. The summed E-state index contributed by atoms with van der Waals surface area (Å²) in [4.78, 5) is 15.8. The fraction of sp³-hybridized carbons (Fsp3) is 0.269. The molecule has 0 spiro atoms. The van der Waals surface area contributed by atoms with E-state index in [4.69, 9.17) is 0 Å². The molecule has 2 N–H and O–H groups in total. The van der Waals surface area contributed by atoms with Crippen molar-refractivity contribution >= 4 is 38.7 Å². The molecule has 0 radical (unpaired) electrons. The van der Waals surface area contributed by atoms with E-state index in [1.54, 1.807) is 36.4 Å². The maximum Gasteiger partial charge on any atom is 0.243 e. The molecule has 1 amide bonds.